The van der Waals surface area contributed by atoms with Gasteiger partial charge in [0.1, 0.15) is 5.75 Å². The van der Waals surface area contributed by atoms with Crippen LogP contribution in [0, 0.1) is 10.1 Å². The molecule has 2 aromatic carbocycles. The minimum Gasteiger partial charge on any atom is -0.496 e. The van der Waals surface area contributed by atoms with Crippen molar-refractivity contribution in [3.8, 4) is 5.75 Å². The Morgan fingerprint density at radius 2 is 2.18 bits per heavy atom. The molecule has 0 radical (unpaired) electrons. The molecule has 4 nitrogen and oxygen atoms in total. The van der Waals surface area contributed by atoms with E-state index in [2.05, 4.69) is 12.1 Å². The van der Waals surface area contributed by atoms with Gasteiger partial charge in [-0.1, -0.05) is 31.2 Å². The van der Waals surface area contributed by atoms with Crippen LogP contribution in [0.1, 0.15) is 43.2 Å². The summed E-state index contributed by atoms with van der Waals surface area (Å²) in [5.41, 5.74) is 2.32. The number of ether oxygens (including phenoxy) is 1. The van der Waals surface area contributed by atoms with Crippen molar-refractivity contribution in [2.75, 3.05) is 7.11 Å². The second-order valence-corrected chi connectivity index (χ2v) is 5.98. The molecule has 0 aromatic heterocycles. The minimum absolute atomic E-state index is 0.00161. The molecule has 0 aliphatic heterocycles. The third kappa shape index (κ3) is 2.32. The van der Waals surface area contributed by atoms with Gasteiger partial charge in [0.2, 0.25) is 6.04 Å². The Kier molecular flexibility index (Phi) is 4.01. The first-order valence-electron chi connectivity index (χ1n) is 7.89. The average Bonchev–Trinajstić information content (AvgIpc) is 2.53. The Morgan fingerprint density at radius 1 is 1.36 bits per heavy atom. The van der Waals surface area contributed by atoms with Crippen LogP contribution in [0.2, 0.25) is 0 Å². The molecule has 22 heavy (non-hydrogen) atoms. The van der Waals surface area contributed by atoms with Gasteiger partial charge in [-0.15, -0.1) is 0 Å². The zero-order valence-electron chi connectivity index (χ0n) is 13.0. The summed E-state index contributed by atoms with van der Waals surface area (Å²) in [5, 5.41) is 13.8. The van der Waals surface area contributed by atoms with E-state index in [0.29, 0.717) is 6.42 Å². The molecule has 2 unspecified atom stereocenters. The fourth-order valence-electron chi connectivity index (χ4n) is 3.82. The highest BCUT2D eigenvalue weighted by molar-refractivity contribution is 5.92. The molecule has 116 valence electrons. The van der Waals surface area contributed by atoms with Crippen molar-refractivity contribution in [1.82, 2.24) is 0 Å². The van der Waals surface area contributed by atoms with Gasteiger partial charge in [-0.25, -0.2) is 0 Å². The molecule has 1 aliphatic carbocycles. The van der Waals surface area contributed by atoms with Crippen molar-refractivity contribution in [3.05, 3.63) is 51.6 Å². The molecular weight excluding hydrogens is 278 g/mol. The van der Waals surface area contributed by atoms with Crippen LogP contribution in [0.5, 0.6) is 5.75 Å². The summed E-state index contributed by atoms with van der Waals surface area (Å²) in [6.07, 6.45) is 3.13. The second kappa shape index (κ2) is 5.95. The van der Waals surface area contributed by atoms with Gasteiger partial charge in [-0.05, 0) is 41.7 Å². The number of rotatable bonds is 5. The zero-order chi connectivity index (χ0) is 15.7. The Morgan fingerprint density at radius 3 is 2.86 bits per heavy atom. The number of nitrogens with zero attached hydrogens (tertiary/aromatic N) is 1. The lowest BCUT2D eigenvalue weighted by molar-refractivity contribution is -0.528. The van der Waals surface area contributed by atoms with Crippen LogP contribution in [-0.4, -0.2) is 18.1 Å². The first-order valence-corrected chi connectivity index (χ1v) is 7.89. The highest BCUT2D eigenvalue weighted by Crippen LogP contribution is 2.43. The van der Waals surface area contributed by atoms with E-state index in [9.17, 15) is 10.1 Å². The van der Waals surface area contributed by atoms with Crippen LogP contribution in [0.3, 0.4) is 0 Å². The van der Waals surface area contributed by atoms with Gasteiger partial charge >= 0.3 is 0 Å². The number of aryl methyl sites for hydroxylation is 1. The van der Waals surface area contributed by atoms with Crippen molar-refractivity contribution in [3.63, 3.8) is 0 Å². The van der Waals surface area contributed by atoms with Crippen molar-refractivity contribution >= 4 is 10.8 Å². The van der Waals surface area contributed by atoms with E-state index in [1.807, 2.05) is 25.1 Å². The first-order chi connectivity index (χ1) is 10.7. The largest absolute Gasteiger partial charge is 0.496 e. The Balaban J connectivity index is 2.17. The van der Waals surface area contributed by atoms with Crippen molar-refractivity contribution in [1.29, 1.82) is 0 Å². The topological polar surface area (TPSA) is 52.4 Å². The number of hydrogen-bond donors (Lipinski definition) is 0. The summed E-state index contributed by atoms with van der Waals surface area (Å²) in [6, 6.07) is 9.69. The maximum absolute atomic E-state index is 11.5. The lowest BCUT2D eigenvalue weighted by atomic mass is 9.76. The monoisotopic (exact) mass is 299 g/mol. The van der Waals surface area contributed by atoms with Crippen LogP contribution in [-0.2, 0) is 6.42 Å². The fraction of sp³-hybridized carbons (Fsp3) is 0.444. The number of nitro groups is 1. The summed E-state index contributed by atoms with van der Waals surface area (Å²) in [6.45, 7) is 2.01. The Hall–Kier alpha value is -2.10. The highest BCUT2D eigenvalue weighted by Gasteiger charge is 2.36. The van der Waals surface area contributed by atoms with Gasteiger partial charge in [-0.3, -0.25) is 10.1 Å². The van der Waals surface area contributed by atoms with Crippen LogP contribution in [0.25, 0.3) is 10.8 Å². The van der Waals surface area contributed by atoms with E-state index in [4.69, 9.17) is 4.74 Å². The first kappa shape index (κ1) is 14.8. The molecule has 3 rings (SSSR count). The summed E-state index contributed by atoms with van der Waals surface area (Å²) in [4.78, 5) is 11.4. The molecule has 0 spiro atoms. The second-order valence-electron chi connectivity index (χ2n) is 5.98. The average molecular weight is 299 g/mol. The van der Waals surface area contributed by atoms with Crippen LogP contribution in [0.4, 0.5) is 0 Å². The van der Waals surface area contributed by atoms with Gasteiger partial charge < -0.3 is 4.74 Å². The molecule has 1 aliphatic rings. The number of benzene rings is 2. The standard InChI is InChI=1S/C18H21NO3/c1-3-5-16(19(20)21)13-9-10-15-17(22-2)11-8-12-6-4-7-14(13)18(12)15/h4,6-8,11,13,16H,3,5,9-10H2,1-2H3. The lowest BCUT2D eigenvalue weighted by Gasteiger charge is -2.28. The Bertz CT molecular complexity index is 711. The van der Waals surface area contributed by atoms with E-state index >= 15 is 0 Å². The SMILES string of the molecule is CCCC(C1CCc2c(OC)ccc3cccc1c23)[N+](=O)[O-]. The van der Waals surface area contributed by atoms with Crippen molar-refractivity contribution in [2.24, 2.45) is 0 Å². The Labute approximate surface area is 130 Å². The minimum atomic E-state index is -0.491. The third-order valence-corrected chi connectivity index (χ3v) is 4.79. The molecule has 0 N–H and O–H groups in total. The molecule has 0 saturated heterocycles. The van der Waals surface area contributed by atoms with Crippen LogP contribution < -0.4 is 4.74 Å². The van der Waals surface area contributed by atoms with Gasteiger partial charge in [0.15, 0.2) is 0 Å². The predicted octanol–water partition coefficient (Wildman–Crippen LogP) is 4.32. The van der Waals surface area contributed by atoms with Crippen LogP contribution >= 0.6 is 0 Å². The number of methoxy groups -OCH3 is 1. The van der Waals surface area contributed by atoms with Gasteiger partial charge in [-0.2, -0.15) is 0 Å². The molecule has 0 amide bonds. The molecule has 4 heteroatoms. The van der Waals surface area contributed by atoms with Crippen molar-refractivity contribution < 1.29 is 9.66 Å². The maximum Gasteiger partial charge on any atom is 0.219 e. The van der Waals surface area contributed by atoms with Gasteiger partial charge in [0.05, 0.1) is 13.0 Å². The van der Waals surface area contributed by atoms with E-state index in [-0.39, 0.29) is 10.8 Å². The molecule has 0 saturated carbocycles. The van der Waals surface area contributed by atoms with E-state index in [1.165, 1.54) is 10.9 Å². The molecule has 2 atom stereocenters. The van der Waals surface area contributed by atoms with Crippen molar-refractivity contribution in [2.45, 2.75) is 44.6 Å². The summed E-state index contributed by atoms with van der Waals surface area (Å²) >= 11 is 0. The number of hydrogen-bond acceptors (Lipinski definition) is 3. The van der Waals surface area contributed by atoms with E-state index < -0.39 is 6.04 Å². The lowest BCUT2D eigenvalue weighted by Crippen LogP contribution is -2.29. The molecular formula is C18H21NO3. The zero-order valence-corrected chi connectivity index (χ0v) is 13.0. The summed E-state index contributed by atoms with van der Waals surface area (Å²) in [5.74, 6) is 0.893. The fourth-order valence-corrected chi connectivity index (χ4v) is 3.82. The van der Waals surface area contributed by atoms with Gasteiger partial charge in [0.25, 0.3) is 0 Å². The summed E-state index contributed by atoms with van der Waals surface area (Å²) < 4.78 is 5.49. The smallest absolute Gasteiger partial charge is 0.219 e. The molecule has 0 bridgehead atoms. The summed E-state index contributed by atoms with van der Waals surface area (Å²) in [7, 11) is 1.68. The van der Waals surface area contributed by atoms with E-state index in [1.54, 1.807) is 7.11 Å². The molecule has 0 heterocycles. The molecule has 2 aromatic rings. The van der Waals surface area contributed by atoms with E-state index in [0.717, 1.165) is 36.0 Å². The molecule has 0 fully saturated rings. The van der Waals surface area contributed by atoms with Gasteiger partial charge in [0, 0.05) is 16.9 Å². The quantitative estimate of drug-likeness (QED) is 0.610. The third-order valence-electron chi connectivity index (χ3n) is 4.79. The van der Waals surface area contributed by atoms with Crippen LogP contribution in [0.15, 0.2) is 30.3 Å². The predicted molar refractivity (Wildman–Crippen MR) is 87.3 cm³/mol. The maximum atomic E-state index is 11.5. The highest BCUT2D eigenvalue weighted by atomic mass is 16.6. The normalized spacial score (nSPS) is 18.2.